The fourth-order valence-corrected chi connectivity index (χ4v) is 2.70. The molecule has 0 aliphatic carbocycles. The highest BCUT2D eigenvalue weighted by atomic mass is 19.1. The standard InChI is InChI=1S/C12H23FN2.C3H8/c1-14-9-5-12(13,6-10-14)11-15-7-3-2-4-8-15;1-3-2/h2-11H2,1H3;3H2,1-2H3. The lowest BCUT2D eigenvalue weighted by Gasteiger charge is -2.39. The summed E-state index contributed by atoms with van der Waals surface area (Å²) in [5, 5.41) is 0. The van der Waals surface area contributed by atoms with E-state index in [-0.39, 0.29) is 0 Å². The molecule has 2 nitrogen and oxygen atoms in total. The summed E-state index contributed by atoms with van der Waals surface area (Å²) in [5.41, 5.74) is -0.899. The quantitative estimate of drug-likeness (QED) is 0.749. The van der Waals surface area contributed by atoms with Crippen molar-refractivity contribution in [3.8, 4) is 0 Å². The summed E-state index contributed by atoms with van der Waals surface area (Å²) in [5.74, 6) is 0. The Morgan fingerprint density at radius 2 is 1.44 bits per heavy atom. The summed E-state index contributed by atoms with van der Waals surface area (Å²) in [6.07, 6.45) is 6.55. The molecule has 0 aromatic rings. The number of likely N-dealkylation sites (tertiary alicyclic amines) is 2. The van der Waals surface area contributed by atoms with Crippen LogP contribution in [-0.4, -0.2) is 55.2 Å². The van der Waals surface area contributed by atoms with Crippen LogP contribution in [0, 0.1) is 0 Å². The first kappa shape index (κ1) is 15.9. The first-order valence-electron chi connectivity index (χ1n) is 7.69. The van der Waals surface area contributed by atoms with Gasteiger partial charge in [-0.05, 0) is 45.8 Å². The number of hydrogen-bond donors (Lipinski definition) is 0. The van der Waals surface area contributed by atoms with Crippen LogP contribution in [0.15, 0.2) is 0 Å². The highest BCUT2D eigenvalue weighted by molar-refractivity contribution is 4.89. The van der Waals surface area contributed by atoms with Gasteiger partial charge in [0.15, 0.2) is 0 Å². The molecule has 2 heterocycles. The van der Waals surface area contributed by atoms with Crippen molar-refractivity contribution in [1.82, 2.24) is 9.80 Å². The molecule has 0 aromatic carbocycles. The molecule has 0 atom stereocenters. The SMILES string of the molecule is CCC.CN1CCC(F)(CN2CCCCC2)CC1. The Balaban J connectivity index is 0.000000492. The van der Waals surface area contributed by atoms with Crippen molar-refractivity contribution in [1.29, 1.82) is 0 Å². The highest BCUT2D eigenvalue weighted by Crippen LogP contribution is 2.28. The molecule has 0 saturated carbocycles. The monoisotopic (exact) mass is 258 g/mol. The second-order valence-electron chi connectivity index (χ2n) is 6.00. The molecule has 0 bridgehead atoms. The molecular formula is C15H31FN2. The van der Waals surface area contributed by atoms with E-state index in [2.05, 4.69) is 30.7 Å². The number of nitrogens with zero attached hydrogens (tertiary/aromatic N) is 2. The number of hydrogen-bond acceptors (Lipinski definition) is 2. The summed E-state index contributed by atoms with van der Waals surface area (Å²) in [6, 6.07) is 0. The van der Waals surface area contributed by atoms with Gasteiger partial charge in [0, 0.05) is 19.6 Å². The molecule has 2 rings (SSSR count). The fourth-order valence-electron chi connectivity index (χ4n) is 2.70. The zero-order valence-electron chi connectivity index (χ0n) is 12.6. The molecule has 3 heteroatoms. The van der Waals surface area contributed by atoms with E-state index in [1.54, 1.807) is 0 Å². The molecule has 2 aliphatic rings. The van der Waals surface area contributed by atoms with E-state index in [0.29, 0.717) is 6.54 Å². The zero-order valence-corrected chi connectivity index (χ0v) is 12.6. The van der Waals surface area contributed by atoms with Gasteiger partial charge < -0.3 is 9.80 Å². The van der Waals surface area contributed by atoms with Crippen LogP contribution in [0.4, 0.5) is 4.39 Å². The Bertz CT molecular complexity index is 207. The first-order chi connectivity index (χ1) is 8.59. The lowest BCUT2D eigenvalue weighted by atomic mass is 9.92. The van der Waals surface area contributed by atoms with Crippen LogP contribution in [-0.2, 0) is 0 Å². The molecule has 108 valence electrons. The molecule has 0 spiro atoms. The summed E-state index contributed by atoms with van der Waals surface area (Å²) in [4.78, 5) is 4.56. The average molecular weight is 258 g/mol. The topological polar surface area (TPSA) is 6.48 Å². The van der Waals surface area contributed by atoms with Gasteiger partial charge >= 0.3 is 0 Å². The van der Waals surface area contributed by atoms with Gasteiger partial charge in [0.05, 0.1) is 0 Å². The Hall–Kier alpha value is -0.150. The zero-order chi connectivity index (χ0) is 13.4. The van der Waals surface area contributed by atoms with E-state index >= 15 is 0 Å². The maximum Gasteiger partial charge on any atom is 0.126 e. The van der Waals surface area contributed by atoms with E-state index in [4.69, 9.17) is 0 Å². The van der Waals surface area contributed by atoms with Crippen LogP contribution in [0.3, 0.4) is 0 Å². The first-order valence-corrected chi connectivity index (χ1v) is 7.69. The molecule has 2 aliphatic heterocycles. The van der Waals surface area contributed by atoms with Gasteiger partial charge in [-0.25, -0.2) is 4.39 Å². The van der Waals surface area contributed by atoms with E-state index in [1.807, 2.05) is 0 Å². The second-order valence-corrected chi connectivity index (χ2v) is 6.00. The van der Waals surface area contributed by atoms with Crippen LogP contribution in [0.1, 0.15) is 52.4 Å². The van der Waals surface area contributed by atoms with Crippen molar-refractivity contribution in [2.75, 3.05) is 39.8 Å². The van der Waals surface area contributed by atoms with Gasteiger partial charge in [-0.1, -0.05) is 26.7 Å². The number of halogens is 1. The number of alkyl halides is 1. The molecular weight excluding hydrogens is 227 g/mol. The molecule has 0 amide bonds. The van der Waals surface area contributed by atoms with Crippen molar-refractivity contribution in [3.05, 3.63) is 0 Å². The Kier molecular flexibility index (Phi) is 7.16. The summed E-state index contributed by atoms with van der Waals surface area (Å²) in [6.45, 7) is 9.00. The largest absolute Gasteiger partial charge is 0.306 e. The molecule has 18 heavy (non-hydrogen) atoms. The number of piperidine rings is 2. The fraction of sp³-hybridized carbons (Fsp3) is 1.00. The predicted octanol–water partition coefficient (Wildman–Crippen LogP) is 3.32. The molecule has 0 unspecified atom stereocenters. The van der Waals surface area contributed by atoms with Gasteiger partial charge in [0.2, 0.25) is 0 Å². The van der Waals surface area contributed by atoms with Crippen molar-refractivity contribution in [3.63, 3.8) is 0 Å². The lowest BCUT2D eigenvalue weighted by molar-refractivity contribution is 0.0262. The maximum absolute atomic E-state index is 14.5. The van der Waals surface area contributed by atoms with E-state index in [9.17, 15) is 4.39 Å². The van der Waals surface area contributed by atoms with E-state index in [0.717, 1.165) is 39.0 Å². The molecule has 0 radical (unpaired) electrons. The third-order valence-electron chi connectivity index (χ3n) is 3.84. The van der Waals surface area contributed by atoms with Crippen molar-refractivity contribution in [2.24, 2.45) is 0 Å². The summed E-state index contributed by atoms with van der Waals surface area (Å²) >= 11 is 0. The molecule has 2 saturated heterocycles. The average Bonchev–Trinajstić information content (AvgIpc) is 2.36. The maximum atomic E-state index is 14.5. The lowest BCUT2D eigenvalue weighted by Crippen LogP contribution is -2.48. The van der Waals surface area contributed by atoms with E-state index < -0.39 is 5.67 Å². The minimum Gasteiger partial charge on any atom is -0.306 e. The van der Waals surface area contributed by atoms with Crippen molar-refractivity contribution >= 4 is 0 Å². The minimum absolute atomic E-state index is 0.681. The number of rotatable bonds is 2. The van der Waals surface area contributed by atoms with Crippen LogP contribution in [0.2, 0.25) is 0 Å². The van der Waals surface area contributed by atoms with Gasteiger partial charge in [0.25, 0.3) is 0 Å². The molecule has 0 N–H and O–H groups in total. The van der Waals surface area contributed by atoms with Crippen LogP contribution >= 0.6 is 0 Å². The van der Waals surface area contributed by atoms with Crippen LogP contribution < -0.4 is 0 Å². The summed E-state index contributed by atoms with van der Waals surface area (Å²) in [7, 11) is 2.08. The second kappa shape index (κ2) is 8.11. The predicted molar refractivity (Wildman–Crippen MR) is 76.8 cm³/mol. The Morgan fingerprint density at radius 1 is 0.944 bits per heavy atom. The molecule has 2 fully saturated rings. The minimum atomic E-state index is -0.899. The van der Waals surface area contributed by atoms with Gasteiger partial charge in [-0.3, -0.25) is 0 Å². The summed E-state index contributed by atoms with van der Waals surface area (Å²) < 4.78 is 14.5. The van der Waals surface area contributed by atoms with Crippen molar-refractivity contribution in [2.45, 2.75) is 58.0 Å². The Morgan fingerprint density at radius 3 is 1.94 bits per heavy atom. The normalized spacial score (nSPS) is 25.3. The van der Waals surface area contributed by atoms with Gasteiger partial charge in [-0.2, -0.15) is 0 Å². The third kappa shape index (κ3) is 5.66. The Labute approximate surface area is 113 Å². The highest BCUT2D eigenvalue weighted by Gasteiger charge is 2.35. The van der Waals surface area contributed by atoms with E-state index in [1.165, 1.54) is 25.7 Å². The third-order valence-corrected chi connectivity index (χ3v) is 3.84. The smallest absolute Gasteiger partial charge is 0.126 e. The molecule has 0 aromatic heterocycles. The van der Waals surface area contributed by atoms with Crippen molar-refractivity contribution < 1.29 is 4.39 Å². The van der Waals surface area contributed by atoms with Crippen LogP contribution in [0.25, 0.3) is 0 Å². The van der Waals surface area contributed by atoms with Gasteiger partial charge in [-0.15, -0.1) is 0 Å². The van der Waals surface area contributed by atoms with Gasteiger partial charge in [0.1, 0.15) is 5.67 Å². The van der Waals surface area contributed by atoms with Crippen LogP contribution in [0.5, 0.6) is 0 Å².